The lowest BCUT2D eigenvalue weighted by Gasteiger charge is -2.32. The molecule has 0 amide bonds. The van der Waals surface area contributed by atoms with Gasteiger partial charge in [-0.2, -0.15) is 17.5 Å². The lowest BCUT2D eigenvalue weighted by Crippen LogP contribution is -2.41. The molecule has 0 radical (unpaired) electrons. The first-order valence-electron chi connectivity index (χ1n) is 27.5. The molecule has 3 aliphatic rings. The Labute approximate surface area is 472 Å². The van der Waals surface area contributed by atoms with Gasteiger partial charge in [-0.3, -0.25) is 0 Å². The van der Waals surface area contributed by atoms with Crippen LogP contribution in [0.1, 0.15) is 164 Å². The third-order valence-corrected chi connectivity index (χ3v) is 23.2. The van der Waals surface area contributed by atoms with Crippen LogP contribution in [0.5, 0.6) is 0 Å². The van der Waals surface area contributed by atoms with E-state index in [9.17, 15) is 10.2 Å². The van der Waals surface area contributed by atoms with Gasteiger partial charge >= 0.3 is 7.12 Å². The zero-order valence-electron chi connectivity index (χ0n) is 44.6. The fourth-order valence-electron chi connectivity index (χ4n) is 12.2. The normalized spacial score (nSPS) is 16.6. The third-order valence-electron chi connectivity index (χ3n) is 17.2. The van der Waals surface area contributed by atoms with E-state index in [0.29, 0.717) is 0 Å². The van der Waals surface area contributed by atoms with Gasteiger partial charge in [0.1, 0.15) is 22.1 Å². The number of aromatic nitrogens is 4. The summed E-state index contributed by atoms with van der Waals surface area (Å²) in [6.07, 6.45) is 16.4. The van der Waals surface area contributed by atoms with Crippen molar-refractivity contribution in [2.24, 2.45) is 0 Å². The maximum Gasteiger partial charge on any atom is 0.497 e. The van der Waals surface area contributed by atoms with Crippen molar-refractivity contribution in [3.05, 3.63) is 112 Å². The highest BCUT2D eigenvalue weighted by Gasteiger charge is 2.53. The fourth-order valence-corrected chi connectivity index (χ4v) is 18.9. The molecule has 6 aromatic heterocycles. The third kappa shape index (κ3) is 9.33. The predicted molar refractivity (Wildman–Crippen MR) is 324 cm³/mol. The number of hydrogen-bond donors (Lipinski definition) is 2. The number of rotatable bonds is 22. The highest BCUT2D eigenvalue weighted by atomic mass is 32.1. The van der Waals surface area contributed by atoms with Gasteiger partial charge in [0.05, 0.1) is 34.7 Å². The molecular formula is C61H67BN4O4S6. The fraction of sp³-hybridized carbons (Fsp3) is 0.443. The Balaban J connectivity index is 0.892. The van der Waals surface area contributed by atoms with E-state index >= 15 is 0 Å². The molecule has 12 rings (SSSR count). The number of unbranched alkanes of at least 4 members (excludes halogenated alkanes) is 10. The highest BCUT2D eigenvalue weighted by molar-refractivity contribution is 7.26. The van der Waals surface area contributed by atoms with Crippen LogP contribution in [0.15, 0.2) is 78.9 Å². The average Bonchev–Trinajstić information content (AvgIpc) is 4.41. The molecule has 2 N–H and O–H groups in total. The van der Waals surface area contributed by atoms with Crippen LogP contribution in [0.25, 0.3) is 72.9 Å². The second kappa shape index (κ2) is 21.2. The van der Waals surface area contributed by atoms with Crippen molar-refractivity contribution >= 4 is 103 Å². The van der Waals surface area contributed by atoms with E-state index in [1.807, 2.05) is 45.3 Å². The Bertz CT molecular complexity index is 3510. The second-order valence-corrected chi connectivity index (χ2v) is 28.3. The molecule has 0 spiro atoms. The molecule has 76 heavy (non-hydrogen) atoms. The number of aliphatic hydroxyl groups is 2. The minimum atomic E-state index is -0.517. The molecular weight excluding hydrogens is 1060 g/mol. The summed E-state index contributed by atoms with van der Waals surface area (Å²) in [4.78, 5) is 10.8. The van der Waals surface area contributed by atoms with Gasteiger partial charge in [-0.05, 0) is 111 Å². The van der Waals surface area contributed by atoms with E-state index in [1.165, 1.54) is 140 Å². The molecule has 0 atom stereocenters. The van der Waals surface area contributed by atoms with Gasteiger partial charge < -0.3 is 19.5 Å². The molecule has 394 valence electrons. The quantitative estimate of drug-likeness (QED) is 0.0510. The number of fused-ring (bicyclic) bond motifs is 8. The Hall–Kier alpha value is -4.00. The molecule has 3 aromatic carbocycles. The van der Waals surface area contributed by atoms with Crippen LogP contribution in [0, 0.1) is 0 Å². The molecule has 1 saturated heterocycles. The first-order chi connectivity index (χ1) is 36.8. The maximum absolute atomic E-state index is 9.48. The smallest absolute Gasteiger partial charge is 0.399 e. The second-order valence-electron chi connectivity index (χ2n) is 22.9. The number of aliphatic hydroxyl groups excluding tert-OH is 2. The van der Waals surface area contributed by atoms with Crippen molar-refractivity contribution in [3.63, 3.8) is 0 Å². The maximum atomic E-state index is 9.48. The van der Waals surface area contributed by atoms with Crippen molar-refractivity contribution in [1.82, 2.24) is 17.5 Å². The van der Waals surface area contributed by atoms with Gasteiger partial charge in [-0.15, -0.1) is 45.3 Å². The average molecular weight is 1120 g/mol. The van der Waals surface area contributed by atoms with E-state index in [-0.39, 0.29) is 24.0 Å². The molecule has 0 saturated carbocycles. The number of benzene rings is 3. The molecule has 1 aliphatic heterocycles. The minimum Gasteiger partial charge on any atom is -0.399 e. The molecule has 7 heterocycles. The largest absolute Gasteiger partial charge is 0.497 e. The van der Waals surface area contributed by atoms with Crippen LogP contribution in [0.4, 0.5) is 0 Å². The number of hydrogen-bond acceptors (Lipinski definition) is 14. The van der Waals surface area contributed by atoms with Gasteiger partial charge in [0.25, 0.3) is 0 Å². The summed E-state index contributed by atoms with van der Waals surface area (Å²) >= 11 is 10.3. The van der Waals surface area contributed by atoms with Crippen LogP contribution >= 0.6 is 68.8 Å². The van der Waals surface area contributed by atoms with Crippen LogP contribution in [-0.2, 0) is 26.6 Å². The van der Waals surface area contributed by atoms with E-state index < -0.39 is 18.3 Å². The summed E-state index contributed by atoms with van der Waals surface area (Å²) in [6, 6.07) is 29.8. The Morgan fingerprint density at radius 1 is 0.474 bits per heavy atom. The molecule has 8 nitrogen and oxygen atoms in total. The summed E-state index contributed by atoms with van der Waals surface area (Å²) in [7, 11) is -0.517. The molecule has 2 aliphatic carbocycles. The van der Waals surface area contributed by atoms with Crippen molar-refractivity contribution < 1.29 is 19.5 Å². The Morgan fingerprint density at radius 3 is 1.57 bits per heavy atom. The Kier molecular flexibility index (Phi) is 14.7. The first kappa shape index (κ1) is 52.7. The van der Waals surface area contributed by atoms with E-state index in [0.717, 1.165) is 90.9 Å². The first-order valence-corrected chi connectivity index (χ1v) is 32.2. The van der Waals surface area contributed by atoms with Crippen LogP contribution < -0.4 is 5.46 Å². The highest BCUT2D eigenvalue weighted by Crippen LogP contribution is 2.62. The number of thiophene rings is 4. The Morgan fingerprint density at radius 2 is 0.947 bits per heavy atom. The van der Waals surface area contributed by atoms with Crippen LogP contribution in [-0.4, -0.2) is 59.2 Å². The van der Waals surface area contributed by atoms with E-state index in [4.69, 9.17) is 26.8 Å². The monoisotopic (exact) mass is 1120 g/mol. The zero-order valence-corrected chi connectivity index (χ0v) is 49.5. The lowest BCUT2D eigenvalue weighted by atomic mass is 9.71. The lowest BCUT2D eigenvalue weighted by molar-refractivity contribution is 0.00578. The van der Waals surface area contributed by atoms with Crippen molar-refractivity contribution in [2.45, 2.75) is 160 Å². The molecule has 9 aromatic rings. The summed E-state index contributed by atoms with van der Waals surface area (Å²) < 4.78 is 33.0. The van der Waals surface area contributed by atoms with Gasteiger partial charge in [0.2, 0.25) is 0 Å². The van der Waals surface area contributed by atoms with E-state index in [2.05, 4.69) is 120 Å². The van der Waals surface area contributed by atoms with Crippen molar-refractivity contribution in [2.75, 3.05) is 13.2 Å². The SMILES string of the molecule is CC1(C)c2cc(-c3ccccc3)sc2-c2sc(-c3ccc(Cc4cc5c(s4)-c4sc(-c6ccc(B7OC(C)(C)C(C)(C)O7)c7nsnc67)cc4C5(CCCCCCCCO)CCCCCCCCO)c4nsnc34)cc21. The van der Waals surface area contributed by atoms with Crippen LogP contribution in [0.2, 0.25) is 0 Å². The number of nitrogens with zero attached hydrogens (tertiary/aromatic N) is 4. The molecule has 15 heteroatoms. The predicted octanol–water partition coefficient (Wildman–Crippen LogP) is 16.9. The summed E-state index contributed by atoms with van der Waals surface area (Å²) in [6.45, 7) is 13.7. The standard InChI is InChI=1S/C61H67BN4O4S6/c1-58(2)42-34-47(37-22-16-15-17-23-37)72-54(42)55-43(58)35-48(73-55)40-25-24-38(50-51(40)64-75-63-50)32-39-33-44-56(71-39)57-45(61(44,28-18-11-7-9-13-20-30-67)29-19-12-8-10-14-21-31-68)36-49(74-57)41-26-27-46(53-52(41)65-76-66-53)62-69-59(3,4)60(5,6)70-62/h15-17,22-27,33-36,67-68H,7-14,18-21,28-32H2,1-6H3. The minimum absolute atomic E-state index is 0.0784. The van der Waals surface area contributed by atoms with Gasteiger partial charge in [0, 0.05) is 86.1 Å². The van der Waals surface area contributed by atoms with E-state index in [1.54, 1.807) is 0 Å². The van der Waals surface area contributed by atoms with Gasteiger partial charge in [0.15, 0.2) is 0 Å². The van der Waals surface area contributed by atoms with Gasteiger partial charge in [-0.25, -0.2) is 0 Å². The molecule has 1 fully saturated rings. The zero-order chi connectivity index (χ0) is 52.4. The summed E-state index contributed by atoms with van der Waals surface area (Å²) in [5.41, 5.74) is 14.3. The van der Waals surface area contributed by atoms with Gasteiger partial charge in [-0.1, -0.05) is 133 Å². The molecule has 0 unspecified atom stereocenters. The van der Waals surface area contributed by atoms with Crippen molar-refractivity contribution in [3.8, 4) is 50.8 Å². The summed E-state index contributed by atoms with van der Waals surface area (Å²) in [5, 5.41) is 19.0. The summed E-state index contributed by atoms with van der Waals surface area (Å²) in [5.74, 6) is 0. The molecule has 0 bridgehead atoms. The van der Waals surface area contributed by atoms with Crippen LogP contribution in [0.3, 0.4) is 0 Å². The topological polar surface area (TPSA) is 110 Å². The van der Waals surface area contributed by atoms with Crippen molar-refractivity contribution in [1.29, 1.82) is 0 Å².